The second-order valence-corrected chi connectivity index (χ2v) is 6.88. The van der Waals surface area contributed by atoms with E-state index >= 15 is 0 Å². The Morgan fingerprint density at radius 1 is 1.07 bits per heavy atom. The molecule has 0 aliphatic rings. The van der Waals surface area contributed by atoms with Gasteiger partial charge in [-0.2, -0.15) is 13.2 Å². The van der Waals surface area contributed by atoms with Crippen molar-refractivity contribution in [3.63, 3.8) is 0 Å². The van der Waals surface area contributed by atoms with E-state index in [-0.39, 0.29) is 5.16 Å². The molecule has 27 heavy (non-hydrogen) atoms. The minimum atomic E-state index is -4.44. The lowest BCUT2D eigenvalue weighted by Gasteiger charge is -2.17. The molecule has 0 spiro atoms. The second-order valence-electron chi connectivity index (χ2n) is 5.80. The van der Waals surface area contributed by atoms with Gasteiger partial charge in [0.05, 0.1) is 11.9 Å². The smallest absolute Gasteiger partial charge is 0.368 e. The summed E-state index contributed by atoms with van der Waals surface area (Å²) in [5.41, 5.74) is 7.04. The lowest BCUT2D eigenvalue weighted by atomic mass is 10.1. The standard InChI is InChI=1S/C19H16F3N3OS/c20-19(21,22)12-25-15(13-7-3-1-4-8-13)11-24-18(25)27-16(17(23)26)14-9-5-2-6-10-14/h1-11,16H,12H2,(H2,23,26). The summed E-state index contributed by atoms with van der Waals surface area (Å²) in [6, 6.07) is 17.4. The van der Waals surface area contributed by atoms with E-state index < -0.39 is 23.9 Å². The summed E-state index contributed by atoms with van der Waals surface area (Å²) < 4.78 is 40.6. The Bertz CT molecular complexity index is 911. The Morgan fingerprint density at radius 3 is 2.22 bits per heavy atom. The number of benzene rings is 2. The van der Waals surface area contributed by atoms with Gasteiger partial charge in [-0.1, -0.05) is 72.4 Å². The first-order valence-corrected chi connectivity index (χ1v) is 8.92. The zero-order chi connectivity index (χ0) is 19.4. The number of amides is 1. The summed E-state index contributed by atoms with van der Waals surface area (Å²) in [6.45, 7) is -1.21. The molecule has 1 aromatic heterocycles. The number of hydrogen-bond donors (Lipinski definition) is 1. The third kappa shape index (κ3) is 4.71. The van der Waals surface area contributed by atoms with Crippen molar-refractivity contribution in [1.29, 1.82) is 0 Å². The maximum Gasteiger partial charge on any atom is 0.406 e. The molecular formula is C19H16F3N3OS. The van der Waals surface area contributed by atoms with Crippen molar-refractivity contribution in [2.75, 3.05) is 0 Å². The van der Waals surface area contributed by atoms with Crippen LogP contribution < -0.4 is 5.73 Å². The molecule has 140 valence electrons. The predicted molar refractivity (Wildman–Crippen MR) is 98.0 cm³/mol. The minimum absolute atomic E-state index is 0.0823. The van der Waals surface area contributed by atoms with Crippen molar-refractivity contribution in [3.05, 3.63) is 72.4 Å². The Kier molecular flexibility index (Phi) is 5.55. The maximum absolute atomic E-state index is 13.2. The van der Waals surface area contributed by atoms with Crippen molar-refractivity contribution in [2.45, 2.75) is 23.1 Å². The number of thioether (sulfide) groups is 1. The van der Waals surface area contributed by atoms with Gasteiger partial charge in [0.1, 0.15) is 11.8 Å². The van der Waals surface area contributed by atoms with E-state index in [1.165, 1.54) is 6.20 Å². The number of aromatic nitrogens is 2. The van der Waals surface area contributed by atoms with Crippen molar-refractivity contribution < 1.29 is 18.0 Å². The van der Waals surface area contributed by atoms with E-state index in [0.717, 1.165) is 16.3 Å². The normalized spacial score (nSPS) is 12.7. The van der Waals surface area contributed by atoms with Crippen molar-refractivity contribution in [3.8, 4) is 11.3 Å². The number of imidazole rings is 1. The first-order chi connectivity index (χ1) is 12.8. The third-order valence-corrected chi connectivity index (χ3v) is 5.09. The van der Waals surface area contributed by atoms with Gasteiger partial charge >= 0.3 is 6.18 Å². The van der Waals surface area contributed by atoms with E-state index in [0.29, 0.717) is 16.8 Å². The fourth-order valence-electron chi connectivity index (χ4n) is 2.65. The topological polar surface area (TPSA) is 60.9 Å². The van der Waals surface area contributed by atoms with Crippen LogP contribution in [0.2, 0.25) is 0 Å². The zero-order valence-electron chi connectivity index (χ0n) is 14.1. The molecule has 1 atom stereocenters. The number of carbonyl (C=O) groups excluding carboxylic acids is 1. The van der Waals surface area contributed by atoms with Crippen molar-refractivity contribution >= 4 is 17.7 Å². The molecule has 1 heterocycles. The van der Waals surface area contributed by atoms with Crippen LogP contribution in [0.1, 0.15) is 10.8 Å². The summed E-state index contributed by atoms with van der Waals surface area (Å²) in [4.78, 5) is 16.1. The molecule has 0 radical (unpaired) electrons. The van der Waals surface area contributed by atoms with Crippen LogP contribution in [0.5, 0.6) is 0 Å². The number of rotatable bonds is 6. The molecule has 8 heteroatoms. The molecule has 1 amide bonds. The summed E-state index contributed by atoms with van der Waals surface area (Å²) in [5.74, 6) is -0.644. The van der Waals surface area contributed by atoms with Gasteiger partial charge in [0.25, 0.3) is 0 Å². The average molecular weight is 391 g/mol. The Hall–Kier alpha value is -2.74. The van der Waals surface area contributed by atoms with E-state index in [1.807, 2.05) is 0 Å². The molecule has 1 unspecified atom stereocenters. The number of halogens is 3. The fraction of sp³-hybridized carbons (Fsp3) is 0.158. The Labute approximate surface area is 158 Å². The molecule has 0 fully saturated rings. The maximum atomic E-state index is 13.2. The molecule has 0 bridgehead atoms. The summed E-state index contributed by atoms with van der Waals surface area (Å²) in [5, 5.41) is -0.761. The number of primary amides is 1. The van der Waals surface area contributed by atoms with Crippen molar-refractivity contribution in [1.82, 2.24) is 9.55 Å². The molecule has 0 saturated heterocycles. The van der Waals surface area contributed by atoms with E-state index in [1.54, 1.807) is 60.7 Å². The highest BCUT2D eigenvalue weighted by molar-refractivity contribution is 8.00. The van der Waals surface area contributed by atoms with Crippen LogP contribution in [0.4, 0.5) is 13.2 Å². The largest absolute Gasteiger partial charge is 0.406 e. The average Bonchev–Trinajstić information content (AvgIpc) is 3.01. The van der Waals surface area contributed by atoms with Crippen molar-refractivity contribution in [2.24, 2.45) is 5.73 Å². The third-order valence-electron chi connectivity index (χ3n) is 3.81. The van der Waals surface area contributed by atoms with E-state index in [4.69, 9.17) is 5.73 Å². The van der Waals surface area contributed by atoms with Crippen LogP contribution in [0.15, 0.2) is 72.0 Å². The van der Waals surface area contributed by atoms with Gasteiger partial charge in [-0.15, -0.1) is 0 Å². The van der Waals surface area contributed by atoms with Gasteiger partial charge < -0.3 is 10.3 Å². The van der Waals surface area contributed by atoms with Crippen LogP contribution >= 0.6 is 11.8 Å². The van der Waals surface area contributed by atoms with Gasteiger partial charge in [0, 0.05) is 0 Å². The molecule has 2 aromatic carbocycles. The molecule has 4 nitrogen and oxygen atoms in total. The number of alkyl halides is 3. The lowest BCUT2D eigenvalue weighted by molar-refractivity contribution is -0.141. The zero-order valence-corrected chi connectivity index (χ0v) is 14.9. The van der Waals surface area contributed by atoms with Gasteiger partial charge in [0.2, 0.25) is 5.91 Å². The van der Waals surface area contributed by atoms with Gasteiger partial charge in [-0.3, -0.25) is 4.79 Å². The number of carbonyl (C=O) groups is 1. The quantitative estimate of drug-likeness (QED) is 0.633. The number of nitrogens with two attached hydrogens (primary N) is 1. The molecule has 3 rings (SSSR count). The first-order valence-electron chi connectivity index (χ1n) is 8.04. The number of hydrogen-bond acceptors (Lipinski definition) is 3. The van der Waals surface area contributed by atoms with Gasteiger partial charge in [-0.25, -0.2) is 4.98 Å². The van der Waals surface area contributed by atoms with Gasteiger partial charge in [0.15, 0.2) is 5.16 Å². The molecule has 3 aromatic rings. The molecule has 0 aliphatic heterocycles. The molecular weight excluding hydrogens is 375 g/mol. The van der Waals surface area contributed by atoms with Crippen LogP contribution in [0, 0.1) is 0 Å². The molecule has 0 saturated carbocycles. The monoisotopic (exact) mass is 391 g/mol. The summed E-state index contributed by atoms with van der Waals surface area (Å²) >= 11 is 0.910. The summed E-state index contributed by atoms with van der Waals surface area (Å²) in [7, 11) is 0. The van der Waals surface area contributed by atoms with E-state index in [2.05, 4.69) is 4.98 Å². The van der Waals surface area contributed by atoms with Crippen LogP contribution in [-0.2, 0) is 11.3 Å². The van der Waals surface area contributed by atoms with Gasteiger partial charge in [-0.05, 0) is 11.1 Å². The molecule has 0 aliphatic carbocycles. The minimum Gasteiger partial charge on any atom is -0.368 e. The molecule has 2 N–H and O–H groups in total. The number of nitrogens with zero attached hydrogens (tertiary/aromatic N) is 2. The van der Waals surface area contributed by atoms with E-state index in [9.17, 15) is 18.0 Å². The summed E-state index contributed by atoms with van der Waals surface area (Å²) in [6.07, 6.45) is -3.05. The Morgan fingerprint density at radius 2 is 1.67 bits per heavy atom. The lowest BCUT2D eigenvalue weighted by Crippen LogP contribution is -2.22. The fourth-order valence-corrected chi connectivity index (χ4v) is 3.67. The highest BCUT2D eigenvalue weighted by atomic mass is 32.2. The highest BCUT2D eigenvalue weighted by Crippen LogP contribution is 2.37. The first kappa shape index (κ1) is 19.0. The Balaban J connectivity index is 2.02. The SMILES string of the molecule is NC(=O)C(Sc1ncc(-c2ccccc2)n1CC(F)(F)F)c1ccccc1. The second kappa shape index (κ2) is 7.87. The van der Waals surface area contributed by atoms with Crippen LogP contribution in [0.3, 0.4) is 0 Å². The highest BCUT2D eigenvalue weighted by Gasteiger charge is 2.32. The predicted octanol–water partition coefficient (Wildman–Crippen LogP) is 4.43. The van der Waals surface area contributed by atoms with Crippen LogP contribution in [-0.4, -0.2) is 21.6 Å². The van der Waals surface area contributed by atoms with Crippen LogP contribution in [0.25, 0.3) is 11.3 Å².